The number of benzene rings is 1. The van der Waals surface area contributed by atoms with Gasteiger partial charge in [-0.25, -0.2) is 4.79 Å². The topological polar surface area (TPSA) is 56.8 Å². The Labute approximate surface area is 169 Å². The Hall–Kier alpha value is -1.79. The molecule has 156 valence electrons. The molecule has 0 radical (unpaired) electrons. The van der Waals surface area contributed by atoms with E-state index in [4.69, 9.17) is 4.74 Å². The number of piperazine rings is 1. The van der Waals surface area contributed by atoms with Gasteiger partial charge in [-0.1, -0.05) is 12.1 Å². The van der Waals surface area contributed by atoms with Crippen LogP contribution in [0.4, 0.5) is 10.5 Å². The van der Waals surface area contributed by atoms with Gasteiger partial charge >= 0.3 is 6.03 Å². The van der Waals surface area contributed by atoms with E-state index in [0.29, 0.717) is 13.2 Å². The third kappa shape index (κ3) is 7.32. The Morgan fingerprint density at radius 1 is 1.25 bits per heavy atom. The molecular formula is C22H36N4O2. The lowest BCUT2D eigenvalue weighted by atomic mass is 10.1. The normalized spacial score (nSPS) is 18.7. The number of hydrogen-bond donors (Lipinski definition) is 2. The number of hydrogen-bond acceptors (Lipinski definition) is 4. The molecule has 1 aromatic carbocycles. The minimum atomic E-state index is -0.0909. The van der Waals surface area contributed by atoms with E-state index < -0.39 is 0 Å². The lowest BCUT2D eigenvalue weighted by molar-refractivity contribution is 0.126. The summed E-state index contributed by atoms with van der Waals surface area (Å²) in [5, 5.41) is 5.91. The molecule has 3 rings (SSSR count). The number of anilines is 1. The maximum absolute atomic E-state index is 11.9. The Balaban J connectivity index is 1.24. The van der Waals surface area contributed by atoms with Gasteiger partial charge in [0, 0.05) is 57.6 Å². The molecule has 1 aliphatic heterocycles. The van der Waals surface area contributed by atoms with Crippen molar-refractivity contribution in [2.75, 3.05) is 57.4 Å². The standard InChI is InChI=1S/C22H36N4O2/c1-18-4-3-5-21(16-18)26-13-11-25(12-14-26)10-8-19(2)24-22(27)23-9-15-28-17-20-6-7-20/h3-5,16,19-20H,6-15,17H2,1-2H3,(H2,23,24,27). The summed E-state index contributed by atoms with van der Waals surface area (Å²) in [6, 6.07) is 8.82. The van der Waals surface area contributed by atoms with Crippen molar-refractivity contribution in [3.05, 3.63) is 29.8 Å². The number of ether oxygens (including phenoxy) is 1. The molecule has 1 heterocycles. The van der Waals surface area contributed by atoms with Crippen molar-refractivity contribution in [2.45, 2.75) is 39.2 Å². The van der Waals surface area contributed by atoms with Crippen molar-refractivity contribution in [1.29, 1.82) is 0 Å². The molecule has 0 spiro atoms. The van der Waals surface area contributed by atoms with Gasteiger partial charge in [-0.2, -0.15) is 0 Å². The van der Waals surface area contributed by atoms with Crippen LogP contribution in [-0.4, -0.2) is 69.5 Å². The van der Waals surface area contributed by atoms with Crippen LogP contribution in [0, 0.1) is 12.8 Å². The summed E-state index contributed by atoms with van der Waals surface area (Å²) in [5.41, 5.74) is 2.64. The zero-order valence-electron chi connectivity index (χ0n) is 17.5. The van der Waals surface area contributed by atoms with E-state index in [1.807, 2.05) is 0 Å². The Kier molecular flexibility index (Phi) is 7.98. The number of carbonyl (C=O) groups excluding carboxylic acids is 1. The number of rotatable bonds is 10. The van der Waals surface area contributed by atoms with E-state index >= 15 is 0 Å². The fourth-order valence-corrected chi connectivity index (χ4v) is 3.55. The molecule has 0 aromatic heterocycles. The van der Waals surface area contributed by atoms with Crippen molar-refractivity contribution in [1.82, 2.24) is 15.5 Å². The molecule has 1 saturated carbocycles. The lowest BCUT2D eigenvalue weighted by Crippen LogP contribution is -2.48. The SMILES string of the molecule is Cc1cccc(N2CCN(CCC(C)NC(=O)NCCOCC3CC3)CC2)c1. The predicted molar refractivity (Wildman–Crippen MR) is 114 cm³/mol. The van der Waals surface area contributed by atoms with Crippen LogP contribution in [0.15, 0.2) is 24.3 Å². The highest BCUT2D eigenvalue weighted by Crippen LogP contribution is 2.28. The van der Waals surface area contributed by atoms with Crippen molar-refractivity contribution in [3.8, 4) is 0 Å². The number of amides is 2. The van der Waals surface area contributed by atoms with Gasteiger partial charge in [0.15, 0.2) is 0 Å². The number of carbonyl (C=O) groups is 1. The number of nitrogens with zero attached hydrogens (tertiary/aromatic N) is 2. The third-order valence-corrected chi connectivity index (χ3v) is 5.58. The summed E-state index contributed by atoms with van der Waals surface area (Å²) in [4.78, 5) is 16.9. The minimum Gasteiger partial charge on any atom is -0.379 e. The van der Waals surface area contributed by atoms with Crippen LogP contribution in [0.1, 0.15) is 31.7 Å². The first-order valence-corrected chi connectivity index (χ1v) is 10.8. The summed E-state index contributed by atoms with van der Waals surface area (Å²) in [5.74, 6) is 0.771. The van der Waals surface area contributed by atoms with Crippen LogP contribution >= 0.6 is 0 Å². The first kappa shape index (κ1) is 20.9. The van der Waals surface area contributed by atoms with Crippen LogP contribution in [0.5, 0.6) is 0 Å². The molecule has 1 aliphatic carbocycles. The molecule has 2 amide bonds. The highest BCUT2D eigenvalue weighted by atomic mass is 16.5. The van der Waals surface area contributed by atoms with Crippen LogP contribution in [0.2, 0.25) is 0 Å². The fourth-order valence-electron chi connectivity index (χ4n) is 3.55. The van der Waals surface area contributed by atoms with Crippen molar-refractivity contribution in [3.63, 3.8) is 0 Å². The molecular weight excluding hydrogens is 352 g/mol. The first-order valence-electron chi connectivity index (χ1n) is 10.8. The average Bonchev–Trinajstić information content (AvgIpc) is 3.51. The molecule has 2 aliphatic rings. The highest BCUT2D eigenvalue weighted by Gasteiger charge is 2.21. The molecule has 6 nitrogen and oxygen atoms in total. The average molecular weight is 389 g/mol. The summed E-state index contributed by atoms with van der Waals surface area (Å²) in [6.07, 6.45) is 3.56. The van der Waals surface area contributed by atoms with E-state index in [9.17, 15) is 4.79 Å². The molecule has 6 heteroatoms. The Morgan fingerprint density at radius 3 is 2.75 bits per heavy atom. The monoisotopic (exact) mass is 388 g/mol. The Morgan fingerprint density at radius 2 is 2.04 bits per heavy atom. The van der Waals surface area contributed by atoms with E-state index in [1.54, 1.807) is 0 Å². The van der Waals surface area contributed by atoms with Crippen molar-refractivity contribution < 1.29 is 9.53 Å². The van der Waals surface area contributed by atoms with Gasteiger partial charge in [0.1, 0.15) is 0 Å². The smallest absolute Gasteiger partial charge is 0.315 e. The quantitative estimate of drug-likeness (QED) is 0.605. The Bertz CT molecular complexity index is 612. The van der Waals surface area contributed by atoms with Crippen molar-refractivity contribution >= 4 is 11.7 Å². The van der Waals surface area contributed by atoms with E-state index in [2.05, 4.69) is 58.5 Å². The minimum absolute atomic E-state index is 0.0909. The molecule has 2 N–H and O–H groups in total. The van der Waals surface area contributed by atoms with Crippen molar-refractivity contribution in [2.24, 2.45) is 5.92 Å². The van der Waals surface area contributed by atoms with E-state index in [0.717, 1.165) is 51.7 Å². The van der Waals surface area contributed by atoms with Gasteiger partial charge in [-0.15, -0.1) is 0 Å². The van der Waals surface area contributed by atoms with Crippen LogP contribution in [0.25, 0.3) is 0 Å². The predicted octanol–water partition coefficient (Wildman–Crippen LogP) is 2.62. The van der Waals surface area contributed by atoms with Crippen LogP contribution < -0.4 is 15.5 Å². The third-order valence-electron chi connectivity index (χ3n) is 5.58. The van der Waals surface area contributed by atoms with E-state index in [1.165, 1.54) is 24.1 Å². The van der Waals surface area contributed by atoms with Crippen LogP contribution in [-0.2, 0) is 4.74 Å². The molecule has 1 saturated heterocycles. The van der Waals surface area contributed by atoms with Gasteiger partial charge < -0.3 is 20.3 Å². The second-order valence-corrected chi connectivity index (χ2v) is 8.28. The lowest BCUT2D eigenvalue weighted by Gasteiger charge is -2.36. The largest absolute Gasteiger partial charge is 0.379 e. The van der Waals surface area contributed by atoms with E-state index in [-0.39, 0.29) is 12.1 Å². The maximum atomic E-state index is 11.9. The maximum Gasteiger partial charge on any atom is 0.315 e. The second kappa shape index (κ2) is 10.7. The molecule has 28 heavy (non-hydrogen) atoms. The first-order chi connectivity index (χ1) is 13.6. The zero-order valence-corrected chi connectivity index (χ0v) is 17.5. The zero-order chi connectivity index (χ0) is 19.8. The molecule has 1 atom stereocenters. The number of urea groups is 1. The van der Waals surface area contributed by atoms with Gasteiger partial charge in [0.05, 0.1) is 6.61 Å². The summed E-state index contributed by atoms with van der Waals surface area (Å²) in [6.45, 7) is 11.5. The molecule has 1 aromatic rings. The molecule has 2 fully saturated rings. The molecule has 1 unspecified atom stereocenters. The van der Waals surface area contributed by atoms with Gasteiger partial charge in [-0.3, -0.25) is 4.90 Å². The summed E-state index contributed by atoms with van der Waals surface area (Å²) in [7, 11) is 0. The molecule has 0 bridgehead atoms. The van der Waals surface area contributed by atoms with Gasteiger partial charge in [0.25, 0.3) is 0 Å². The summed E-state index contributed by atoms with van der Waals surface area (Å²) < 4.78 is 5.53. The van der Waals surface area contributed by atoms with Gasteiger partial charge in [-0.05, 0) is 56.7 Å². The fraction of sp³-hybridized carbons (Fsp3) is 0.682. The van der Waals surface area contributed by atoms with Gasteiger partial charge in [0.2, 0.25) is 0 Å². The number of aryl methyl sites for hydroxylation is 1. The second-order valence-electron chi connectivity index (χ2n) is 8.28. The van der Waals surface area contributed by atoms with Crippen LogP contribution in [0.3, 0.4) is 0 Å². The summed E-state index contributed by atoms with van der Waals surface area (Å²) >= 11 is 0. The highest BCUT2D eigenvalue weighted by molar-refractivity contribution is 5.74. The number of nitrogens with one attached hydrogen (secondary N) is 2.